The molecule has 21 heavy (non-hydrogen) atoms. The standard InChI is InChI=1S/C18H32O3/c1-7-15(11-13(2)3)14(4)21-18(5,6)12-20-17(19)16-9-8-10-16/h11,13-14,16H,7-10,12H2,1-6H3. The summed E-state index contributed by atoms with van der Waals surface area (Å²) in [4.78, 5) is 11.8. The van der Waals surface area contributed by atoms with Gasteiger partial charge >= 0.3 is 5.97 Å². The molecule has 1 aliphatic carbocycles. The molecule has 1 fully saturated rings. The van der Waals surface area contributed by atoms with Crippen LogP contribution < -0.4 is 0 Å². The van der Waals surface area contributed by atoms with E-state index in [1.54, 1.807) is 0 Å². The predicted molar refractivity (Wildman–Crippen MR) is 86.1 cm³/mol. The van der Waals surface area contributed by atoms with E-state index < -0.39 is 5.60 Å². The highest BCUT2D eigenvalue weighted by Gasteiger charge is 2.30. The van der Waals surface area contributed by atoms with E-state index in [0.29, 0.717) is 12.5 Å². The zero-order chi connectivity index (χ0) is 16.0. The molecule has 0 aromatic rings. The summed E-state index contributed by atoms with van der Waals surface area (Å²) >= 11 is 0. The van der Waals surface area contributed by atoms with Crippen LogP contribution in [0.25, 0.3) is 0 Å². The zero-order valence-electron chi connectivity index (χ0n) is 14.6. The highest BCUT2D eigenvalue weighted by atomic mass is 16.6. The highest BCUT2D eigenvalue weighted by molar-refractivity contribution is 5.73. The number of carbonyl (C=O) groups excluding carboxylic acids is 1. The molecule has 0 spiro atoms. The first-order chi connectivity index (χ1) is 9.75. The molecule has 1 atom stereocenters. The molecule has 0 heterocycles. The number of carbonyl (C=O) groups is 1. The van der Waals surface area contributed by atoms with Crippen LogP contribution in [0, 0.1) is 11.8 Å². The van der Waals surface area contributed by atoms with Crippen molar-refractivity contribution in [2.24, 2.45) is 11.8 Å². The Morgan fingerprint density at radius 1 is 1.29 bits per heavy atom. The van der Waals surface area contributed by atoms with Gasteiger partial charge in [0, 0.05) is 0 Å². The smallest absolute Gasteiger partial charge is 0.309 e. The van der Waals surface area contributed by atoms with Crippen molar-refractivity contribution >= 4 is 5.97 Å². The first kappa shape index (κ1) is 18.2. The van der Waals surface area contributed by atoms with E-state index in [2.05, 4.69) is 33.8 Å². The van der Waals surface area contributed by atoms with Crippen LogP contribution in [0.15, 0.2) is 11.6 Å². The van der Waals surface area contributed by atoms with Crippen molar-refractivity contribution < 1.29 is 14.3 Å². The Morgan fingerprint density at radius 3 is 2.33 bits per heavy atom. The third-order valence-electron chi connectivity index (χ3n) is 3.97. The van der Waals surface area contributed by atoms with Gasteiger partial charge in [0.15, 0.2) is 0 Å². The average molecular weight is 296 g/mol. The third-order valence-corrected chi connectivity index (χ3v) is 3.97. The summed E-state index contributed by atoms with van der Waals surface area (Å²) in [5.74, 6) is 0.592. The first-order valence-electron chi connectivity index (χ1n) is 8.30. The minimum atomic E-state index is -0.454. The number of ether oxygens (including phenoxy) is 2. The second-order valence-electron chi connectivity index (χ2n) is 7.09. The van der Waals surface area contributed by atoms with Crippen LogP contribution in [0.5, 0.6) is 0 Å². The molecule has 0 radical (unpaired) electrons. The Labute approximate surface area is 130 Å². The van der Waals surface area contributed by atoms with Crippen LogP contribution in [0.2, 0.25) is 0 Å². The first-order valence-corrected chi connectivity index (χ1v) is 8.30. The second-order valence-corrected chi connectivity index (χ2v) is 7.09. The molecule has 1 unspecified atom stereocenters. The van der Waals surface area contributed by atoms with E-state index in [-0.39, 0.29) is 18.0 Å². The predicted octanol–water partition coefficient (Wildman–Crippen LogP) is 4.51. The average Bonchev–Trinajstić information content (AvgIpc) is 2.30. The Bertz CT molecular complexity index is 365. The lowest BCUT2D eigenvalue weighted by Gasteiger charge is -2.31. The second kappa shape index (κ2) is 7.98. The molecular weight excluding hydrogens is 264 g/mol. The van der Waals surface area contributed by atoms with Crippen molar-refractivity contribution in [3.05, 3.63) is 11.6 Å². The third kappa shape index (κ3) is 6.21. The normalized spacial score (nSPS) is 18.5. The van der Waals surface area contributed by atoms with Gasteiger partial charge < -0.3 is 9.47 Å². The van der Waals surface area contributed by atoms with E-state index in [0.717, 1.165) is 25.7 Å². The molecule has 1 saturated carbocycles. The highest BCUT2D eigenvalue weighted by Crippen LogP contribution is 2.28. The maximum absolute atomic E-state index is 11.8. The van der Waals surface area contributed by atoms with Gasteiger partial charge in [0.25, 0.3) is 0 Å². The van der Waals surface area contributed by atoms with E-state index in [1.165, 1.54) is 5.57 Å². The van der Waals surface area contributed by atoms with Gasteiger partial charge in [-0.15, -0.1) is 0 Å². The lowest BCUT2D eigenvalue weighted by atomic mass is 9.86. The van der Waals surface area contributed by atoms with E-state index in [9.17, 15) is 4.79 Å². The van der Waals surface area contributed by atoms with Crippen LogP contribution >= 0.6 is 0 Å². The van der Waals surface area contributed by atoms with Crippen molar-refractivity contribution in [2.45, 2.75) is 78.9 Å². The van der Waals surface area contributed by atoms with Crippen molar-refractivity contribution in [2.75, 3.05) is 6.61 Å². The van der Waals surface area contributed by atoms with Crippen molar-refractivity contribution in [3.8, 4) is 0 Å². The van der Waals surface area contributed by atoms with Crippen molar-refractivity contribution in [3.63, 3.8) is 0 Å². The van der Waals surface area contributed by atoms with Gasteiger partial charge in [-0.25, -0.2) is 0 Å². The largest absolute Gasteiger partial charge is 0.462 e. The van der Waals surface area contributed by atoms with Crippen LogP contribution in [0.3, 0.4) is 0 Å². The summed E-state index contributed by atoms with van der Waals surface area (Å²) in [6.45, 7) is 12.9. The Kier molecular flexibility index (Phi) is 6.92. The number of hydrogen-bond donors (Lipinski definition) is 0. The summed E-state index contributed by atoms with van der Waals surface area (Å²) in [7, 11) is 0. The Balaban J connectivity index is 2.47. The molecule has 0 aromatic carbocycles. The Hall–Kier alpha value is -0.830. The fourth-order valence-electron chi connectivity index (χ4n) is 2.56. The summed E-state index contributed by atoms with van der Waals surface area (Å²) in [5.41, 5.74) is 0.854. The number of hydrogen-bond acceptors (Lipinski definition) is 3. The topological polar surface area (TPSA) is 35.5 Å². The van der Waals surface area contributed by atoms with Crippen molar-refractivity contribution in [1.82, 2.24) is 0 Å². The molecule has 122 valence electrons. The van der Waals surface area contributed by atoms with Crippen LogP contribution in [-0.4, -0.2) is 24.3 Å². The van der Waals surface area contributed by atoms with Gasteiger partial charge in [0.05, 0.1) is 17.6 Å². The van der Waals surface area contributed by atoms with Gasteiger partial charge in [-0.2, -0.15) is 0 Å². The molecule has 3 nitrogen and oxygen atoms in total. The SMILES string of the molecule is CCC(=CC(C)C)C(C)OC(C)(C)COC(=O)C1CCC1. The molecule has 0 aromatic heterocycles. The minimum absolute atomic E-state index is 0.0507. The molecule has 0 amide bonds. The van der Waals surface area contributed by atoms with Gasteiger partial charge in [-0.3, -0.25) is 4.79 Å². The number of esters is 1. The van der Waals surface area contributed by atoms with Crippen LogP contribution in [0.4, 0.5) is 0 Å². The fourth-order valence-corrected chi connectivity index (χ4v) is 2.56. The van der Waals surface area contributed by atoms with E-state index in [4.69, 9.17) is 9.47 Å². The molecule has 0 bridgehead atoms. The van der Waals surface area contributed by atoms with Gasteiger partial charge in [0.1, 0.15) is 6.61 Å². The van der Waals surface area contributed by atoms with Crippen molar-refractivity contribution in [1.29, 1.82) is 0 Å². The zero-order valence-corrected chi connectivity index (χ0v) is 14.6. The number of rotatable bonds is 8. The monoisotopic (exact) mass is 296 g/mol. The lowest BCUT2D eigenvalue weighted by Crippen LogP contribution is -2.37. The van der Waals surface area contributed by atoms with Gasteiger partial charge in [-0.05, 0) is 51.5 Å². The Morgan fingerprint density at radius 2 is 1.90 bits per heavy atom. The summed E-state index contributed by atoms with van der Waals surface area (Å²) in [6, 6.07) is 0. The quantitative estimate of drug-likeness (QED) is 0.488. The summed E-state index contributed by atoms with van der Waals surface area (Å²) < 4.78 is 11.6. The van der Waals surface area contributed by atoms with Crippen LogP contribution in [0.1, 0.15) is 67.2 Å². The minimum Gasteiger partial charge on any atom is -0.462 e. The van der Waals surface area contributed by atoms with Crippen LogP contribution in [-0.2, 0) is 14.3 Å². The fraction of sp³-hybridized carbons (Fsp3) is 0.833. The summed E-state index contributed by atoms with van der Waals surface area (Å²) in [5, 5.41) is 0. The molecule has 3 heteroatoms. The van der Waals surface area contributed by atoms with Gasteiger partial charge in [0.2, 0.25) is 0 Å². The van der Waals surface area contributed by atoms with E-state index >= 15 is 0 Å². The van der Waals surface area contributed by atoms with Gasteiger partial charge in [-0.1, -0.05) is 33.3 Å². The molecule has 0 aliphatic heterocycles. The summed E-state index contributed by atoms with van der Waals surface area (Å²) in [6.07, 6.45) is 6.41. The number of allylic oxidation sites excluding steroid dienone is 1. The molecule has 1 aliphatic rings. The lowest BCUT2D eigenvalue weighted by molar-refractivity contribution is -0.163. The molecular formula is C18H32O3. The molecule has 0 saturated heterocycles. The molecule has 0 N–H and O–H groups in total. The molecule has 1 rings (SSSR count). The maximum Gasteiger partial charge on any atom is 0.309 e. The maximum atomic E-state index is 11.8. The van der Waals surface area contributed by atoms with E-state index in [1.807, 2.05) is 13.8 Å².